The fraction of sp³-hybridized carbons (Fsp3) is 0.900. The van der Waals surface area contributed by atoms with Crippen LogP contribution in [0.2, 0.25) is 0 Å². The second-order valence-electron chi connectivity index (χ2n) is 4.41. The summed E-state index contributed by atoms with van der Waals surface area (Å²) in [5.74, 6) is 2.96. The van der Waals surface area contributed by atoms with E-state index in [0.29, 0.717) is 5.78 Å². The first-order valence-electron chi connectivity index (χ1n) is 4.85. The van der Waals surface area contributed by atoms with Crippen molar-refractivity contribution in [2.75, 3.05) is 4.43 Å². The zero-order valence-corrected chi connectivity index (χ0v) is 9.42. The number of Topliss-reactive ketones (excluding diaryl/α,β-unsaturated/α-hetero) is 1. The molecule has 0 aromatic heterocycles. The first kappa shape index (κ1) is 8.97. The minimum atomic E-state index is 0.531. The lowest BCUT2D eigenvalue weighted by atomic mass is 9.68. The van der Waals surface area contributed by atoms with Gasteiger partial charge in [0.2, 0.25) is 0 Å². The van der Waals surface area contributed by atoms with E-state index in [1.807, 2.05) is 0 Å². The highest BCUT2D eigenvalue weighted by Crippen LogP contribution is 2.41. The number of halogens is 1. The maximum Gasteiger partial charge on any atom is 0.133 e. The number of alkyl halides is 1. The monoisotopic (exact) mass is 278 g/mol. The van der Waals surface area contributed by atoms with Gasteiger partial charge in [0.05, 0.1) is 0 Å². The van der Waals surface area contributed by atoms with Crippen LogP contribution in [0.15, 0.2) is 0 Å². The minimum absolute atomic E-state index is 0.531. The summed E-state index contributed by atoms with van der Waals surface area (Å²) in [6.07, 6.45) is 5.78. The molecular weight excluding hydrogens is 263 g/mol. The molecular formula is C10H15IO. The van der Waals surface area contributed by atoms with E-state index < -0.39 is 0 Å². The van der Waals surface area contributed by atoms with Crippen LogP contribution in [0, 0.1) is 17.8 Å². The zero-order chi connectivity index (χ0) is 8.55. The lowest BCUT2D eigenvalue weighted by molar-refractivity contribution is -0.124. The summed E-state index contributed by atoms with van der Waals surface area (Å²) in [6, 6.07) is 0. The maximum atomic E-state index is 11.3. The van der Waals surface area contributed by atoms with Crippen LogP contribution in [-0.2, 0) is 4.79 Å². The molecule has 0 aromatic rings. The molecule has 2 saturated carbocycles. The number of fused-ring (bicyclic) bond motifs is 2. The van der Waals surface area contributed by atoms with Gasteiger partial charge in [-0.15, -0.1) is 0 Å². The number of hydrogen-bond acceptors (Lipinski definition) is 1. The minimum Gasteiger partial charge on any atom is -0.300 e. The Kier molecular flexibility index (Phi) is 2.72. The molecule has 0 N–H and O–H groups in total. The van der Waals surface area contributed by atoms with Crippen LogP contribution in [-0.4, -0.2) is 10.2 Å². The van der Waals surface area contributed by atoms with Crippen molar-refractivity contribution >= 4 is 28.4 Å². The van der Waals surface area contributed by atoms with Crippen LogP contribution < -0.4 is 0 Å². The molecule has 0 saturated heterocycles. The smallest absolute Gasteiger partial charge is 0.133 e. The number of rotatable bonds is 1. The molecule has 0 amide bonds. The van der Waals surface area contributed by atoms with E-state index in [2.05, 4.69) is 22.6 Å². The van der Waals surface area contributed by atoms with Gasteiger partial charge in [-0.25, -0.2) is 0 Å². The van der Waals surface area contributed by atoms with Gasteiger partial charge in [-0.3, -0.25) is 4.79 Å². The Labute approximate surface area is 87.4 Å². The SMILES string of the molecule is O=C1CC2CC(CI)CC(C1)C2. The molecule has 0 spiro atoms. The largest absolute Gasteiger partial charge is 0.300 e. The molecule has 2 aliphatic carbocycles. The summed E-state index contributed by atoms with van der Waals surface area (Å²) in [5.41, 5.74) is 0. The van der Waals surface area contributed by atoms with Crippen LogP contribution in [0.4, 0.5) is 0 Å². The van der Waals surface area contributed by atoms with Crippen LogP contribution in [0.1, 0.15) is 32.1 Å². The summed E-state index contributed by atoms with van der Waals surface area (Å²) in [4.78, 5) is 11.3. The van der Waals surface area contributed by atoms with Crippen molar-refractivity contribution in [1.29, 1.82) is 0 Å². The predicted molar refractivity (Wildman–Crippen MR) is 57.4 cm³/mol. The van der Waals surface area contributed by atoms with E-state index in [1.54, 1.807) is 0 Å². The van der Waals surface area contributed by atoms with Gasteiger partial charge >= 0.3 is 0 Å². The van der Waals surface area contributed by atoms with Gasteiger partial charge in [-0.2, -0.15) is 0 Å². The van der Waals surface area contributed by atoms with Crippen molar-refractivity contribution in [1.82, 2.24) is 0 Å². The van der Waals surface area contributed by atoms with Gasteiger partial charge in [0.1, 0.15) is 5.78 Å². The van der Waals surface area contributed by atoms with Crippen LogP contribution in [0.3, 0.4) is 0 Å². The zero-order valence-electron chi connectivity index (χ0n) is 7.26. The van der Waals surface area contributed by atoms with Crippen molar-refractivity contribution in [3.05, 3.63) is 0 Å². The molecule has 2 rings (SSSR count). The molecule has 0 radical (unpaired) electrons. The van der Waals surface area contributed by atoms with E-state index >= 15 is 0 Å². The Balaban J connectivity index is 2.00. The first-order chi connectivity index (χ1) is 5.78. The molecule has 2 aliphatic rings. The van der Waals surface area contributed by atoms with Crippen molar-refractivity contribution in [3.8, 4) is 0 Å². The summed E-state index contributed by atoms with van der Waals surface area (Å²) < 4.78 is 1.29. The fourth-order valence-corrected chi connectivity index (χ4v) is 3.61. The van der Waals surface area contributed by atoms with Crippen molar-refractivity contribution in [2.45, 2.75) is 32.1 Å². The number of carbonyl (C=O) groups is 1. The standard InChI is InChI=1S/C10H15IO/c11-6-9-2-7-1-8(3-9)5-10(12)4-7/h7-9H,1-6H2. The van der Waals surface area contributed by atoms with E-state index in [-0.39, 0.29) is 0 Å². The normalized spacial score (nSPS) is 41.4. The maximum absolute atomic E-state index is 11.3. The quantitative estimate of drug-likeness (QED) is 0.532. The third-order valence-corrected chi connectivity index (χ3v) is 4.50. The Morgan fingerprint density at radius 3 is 2.25 bits per heavy atom. The molecule has 2 unspecified atom stereocenters. The Morgan fingerprint density at radius 2 is 1.75 bits per heavy atom. The number of carbonyl (C=O) groups excluding carboxylic acids is 1. The van der Waals surface area contributed by atoms with Gasteiger partial charge in [0.25, 0.3) is 0 Å². The number of hydrogen-bond donors (Lipinski definition) is 0. The average Bonchev–Trinajstić information content (AvgIpc) is 2.02. The second-order valence-corrected chi connectivity index (χ2v) is 5.29. The lowest BCUT2D eigenvalue weighted by Crippen LogP contribution is -2.31. The molecule has 68 valence electrons. The third kappa shape index (κ3) is 1.83. The van der Waals surface area contributed by atoms with Gasteiger partial charge in [-0.05, 0) is 37.0 Å². The molecule has 0 aliphatic heterocycles. The van der Waals surface area contributed by atoms with Crippen LogP contribution >= 0.6 is 22.6 Å². The van der Waals surface area contributed by atoms with Crippen molar-refractivity contribution in [2.24, 2.45) is 17.8 Å². The molecule has 1 nitrogen and oxygen atoms in total. The fourth-order valence-electron chi connectivity index (χ4n) is 2.89. The van der Waals surface area contributed by atoms with E-state index in [9.17, 15) is 4.79 Å². The molecule has 2 fully saturated rings. The molecule has 2 bridgehead atoms. The van der Waals surface area contributed by atoms with E-state index in [0.717, 1.165) is 30.6 Å². The molecule has 2 atom stereocenters. The predicted octanol–water partition coefficient (Wildman–Crippen LogP) is 2.82. The Bertz CT molecular complexity index is 174. The van der Waals surface area contributed by atoms with Crippen LogP contribution in [0.25, 0.3) is 0 Å². The summed E-state index contributed by atoms with van der Waals surface area (Å²) in [7, 11) is 0. The second kappa shape index (κ2) is 3.64. The van der Waals surface area contributed by atoms with Gasteiger partial charge in [-0.1, -0.05) is 22.6 Å². The Hall–Kier alpha value is 0.400. The van der Waals surface area contributed by atoms with Crippen LogP contribution in [0.5, 0.6) is 0 Å². The Morgan fingerprint density at radius 1 is 1.17 bits per heavy atom. The van der Waals surface area contributed by atoms with E-state index in [4.69, 9.17) is 0 Å². The highest BCUT2D eigenvalue weighted by molar-refractivity contribution is 14.1. The van der Waals surface area contributed by atoms with Gasteiger partial charge < -0.3 is 0 Å². The average molecular weight is 278 g/mol. The first-order valence-corrected chi connectivity index (χ1v) is 6.38. The molecule has 2 heteroatoms. The van der Waals surface area contributed by atoms with Crippen molar-refractivity contribution < 1.29 is 4.79 Å². The summed E-state index contributed by atoms with van der Waals surface area (Å²) >= 11 is 2.49. The topological polar surface area (TPSA) is 17.1 Å². The lowest BCUT2D eigenvalue weighted by Gasteiger charge is -2.37. The van der Waals surface area contributed by atoms with Gasteiger partial charge in [0.15, 0.2) is 0 Å². The van der Waals surface area contributed by atoms with E-state index in [1.165, 1.54) is 23.7 Å². The highest BCUT2D eigenvalue weighted by atomic mass is 127. The van der Waals surface area contributed by atoms with Crippen molar-refractivity contribution in [3.63, 3.8) is 0 Å². The molecule has 12 heavy (non-hydrogen) atoms. The molecule has 0 aromatic carbocycles. The van der Waals surface area contributed by atoms with Gasteiger partial charge in [0, 0.05) is 17.3 Å². The third-order valence-electron chi connectivity index (χ3n) is 3.25. The summed E-state index contributed by atoms with van der Waals surface area (Å²) in [5, 5.41) is 0. The summed E-state index contributed by atoms with van der Waals surface area (Å²) in [6.45, 7) is 0. The number of ketones is 1. The highest BCUT2D eigenvalue weighted by Gasteiger charge is 2.34. The molecule has 0 heterocycles.